The maximum atomic E-state index is 3.66. The van der Waals surface area contributed by atoms with Gasteiger partial charge < -0.3 is 10.2 Å². The Morgan fingerprint density at radius 3 is 2.50 bits per heavy atom. The van der Waals surface area contributed by atoms with E-state index in [9.17, 15) is 0 Å². The van der Waals surface area contributed by atoms with E-state index in [1.165, 1.54) is 58.3 Å². The number of nitrogens with one attached hydrogen (secondary N) is 1. The zero-order chi connectivity index (χ0) is 13.2. The zero-order valence-electron chi connectivity index (χ0n) is 12.9. The van der Waals surface area contributed by atoms with Gasteiger partial charge in [-0.2, -0.15) is 0 Å². The van der Waals surface area contributed by atoms with E-state index >= 15 is 0 Å². The number of rotatable bonds is 4. The summed E-state index contributed by atoms with van der Waals surface area (Å²) in [5.41, 5.74) is 0.900. The third-order valence-electron chi connectivity index (χ3n) is 4.71. The molecule has 1 aliphatic carbocycles. The maximum Gasteiger partial charge on any atom is 0.00966 e. The van der Waals surface area contributed by atoms with Crippen molar-refractivity contribution in [1.29, 1.82) is 0 Å². The number of hydrogen-bond donors (Lipinski definition) is 1. The SMILES string of the molecule is CC1(CN2CCC(CNC(C)(C)C)C2)CCCC1. The molecule has 0 bridgehead atoms. The summed E-state index contributed by atoms with van der Waals surface area (Å²) in [5.74, 6) is 0.870. The first-order valence-electron chi connectivity index (χ1n) is 7.84. The summed E-state index contributed by atoms with van der Waals surface area (Å²) in [4.78, 5) is 2.72. The van der Waals surface area contributed by atoms with Gasteiger partial charge in [0.05, 0.1) is 0 Å². The first-order valence-corrected chi connectivity index (χ1v) is 7.84. The highest BCUT2D eigenvalue weighted by molar-refractivity contribution is 4.87. The molecule has 18 heavy (non-hydrogen) atoms. The minimum Gasteiger partial charge on any atom is -0.312 e. The van der Waals surface area contributed by atoms with Crippen molar-refractivity contribution >= 4 is 0 Å². The number of hydrogen-bond acceptors (Lipinski definition) is 2. The Balaban J connectivity index is 1.71. The fourth-order valence-electron chi connectivity index (χ4n) is 3.60. The lowest BCUT2D eigenvalue weighted by Gasteiger charge is -2.30. The number of likely N-dealkylation sites (tertiary alicyclic amines) is 1. The molecule has 106 valence electrons. The highest BCUT2D eigenvalue weighted by Gasteiger charge is 2.33. The molecular weight excluding hydrogens is 220 g/mol. The fraction of sp³-hybridized carbons (Fsp3) is 1.00. The second-order valence-electron chi connectivity index (χ2n) is 8.04. The monoisotopic (exact) mass is 252 g/mol. The van der Waals surface area contributed by atoms with E-state index in [2.05, 4.69) is 37.9 Å². The predicted molar refractivity (Wildman–Crippen MR) is 78.9 cm³/mol. The third-order valence-corrected chi connectivity index (χ3v) is 4.71. The fourth-order valence-corrected chi connectivity index (χ4v) is 3.60. The molecule has 1 unspecified atom stereocenters. The second kappa shape index (κ2) is 5.50. The van der Waals surface area contributed by atoms with Crippen molar-refractivity contribution in [1.82, 2.24) is 10.2 Å². The molecule has 1 atom stereocenters. The molecule has 1 N–H and O–H groups in total. The van der Waals surface area contributed by atoms with Crippen molar-refractivity contribution in [2.24, 2.45) is 11.3 Å². The van der Waals surface area contributed by atoms with Gasteiger partial charge in [-0.25, -0.2) is 0 Å². The Morgan fingerprint density at radius 1 is 1.22 bits per heavy atom. The minimum absolute atomic E-state index is 0.269. The van der Waals surface area contributed by atoms with Crippen LogP contribution in [0.2, 0.25) is 0 Å². The van der Waals surface area contributed by atoms with Gasteiger partial charge in [0, 0.05) is 18.6 Å². The molecule has 2 fully saturated rings. The Labute approximate surface area is 114 Å². The molecule has 1 aliphatic heterocycles. The molecule has 0 aromatic carbocycles. The van der Waals surface area contributed by atoms with Gasteiger partial charge in [-0.15, -0.1) is 0 Å². The molecule has 0 aromatic heterocycles. The minimum atomic E-state index is 0.269. The lowest BCUT2D eigenvalue weighted by atomic mass is 9.88. The van der Waals surface area contributed by atoms with E-state index in [1.807, 2.05) is 0 Å². The van der Waals surface area contributed by atoms with Gasteiger partial charge >= 0.3 is 0 Å². The molecular formula is C16H32N2. The van der Waals surface area contributed by atoms with Crippen molar-refractivity contribution in [3.63, 3.8) is 0 Å². The molecule has 0 amide bonds. The standard InChI is InChI=1S/C16H32N2/c1-15(2,3)17-11-14-7-10-18(12-14)13-16(4)8-5-6-9-16/h14,17H,5-13H2,1-4H3. The molecule has 0 spiro atoms. The van der Waals surface area contributed by atoms with Crippen LogP contribution in [-0.4, -0.2) is 36.6 Å². The van der Waals surface area contributed by atoms with Crippen LogP contribution < -0.4 is 5.32 Å². The van der Waals surface area contributed by atoms with Crippen LogP contribution in [0.4, 0.5) is 0 Å². The van der Waals surface area contributed by atoms with Gasteiger partial charge in [0.2, 0.25) is 0 Å². The van der Waals surface area contributed by atoms with E-state index in [4.69, 9.17) is 0 Å². The zero-order valence-corrected chi connectivity index (χ0v) is 12.9. The van der Waals surface area contributed by atoms with E-state index in [-0.39, 0.29) is 5.54 Å². The van der Waals surface area contributed by atoms with Gasteiger partial charge in [-0.3, -0.25) is 0 Å². The molecule has 0 radical (unpaired) electrons. The van der Waals surface area contributed by atoms with Crippen LogP contribution in [0.25, 0.3) is 0 Å². The summed E-state index contributed by atoms with van der Waals surface area (Å²) < 4.78 is 0. The van der Waals surface area contributed by atoms with E-state index in [0.717, 1.165) is 5.92 Å². The van der Waals surface area contributed by atoms with Gasteiger partial charge in [0.15, 0.2) is 0 Å². The quantitative estimate of drug-likeness (QED) is 0.826. The van der Waals surface area contributed by atoms with Crippen LogP contribution in [0.3, 0.4) is 0 Å². The molecule has 1 heterocycles. The highest BCUT2D eigenvalue weighted by atomic mass is 15.2. The molecule has 2 heteroatoms. The van der Waals surface area contributed by atoms with Gasteiger partial charge in [0.25, 0.3) is 0 Å². The van der Waals surface area contributed by atoms with E-state index in [0.29, 0.717) is 5.41 Å². The lowest BCUT2D eigenvalue weighted by Crippen LogP contribution is -2.40. The van der Waals surface area contributed by atoms with E-state index in [1.54, 1.807) is 0 Å². The first-order chi connectivity index (χ1) is 8.36. The number of nitrogens with zero attached hydrogens (tertiary/aromatic N) is 1. The summed E-state index contributed by atoms with van der Waals surface area (Å²) >= 11 is 0. The average Bonchev–Trinajstić information content (AvgIpc) is 2.84. The second-order valence-corrected chi connectivity index (χ2v) is 8.04. The van der Waals surface area contributed by atoms with Crippen LogP contribution in [0, 0.1) is 11.3 Å². The predicted octanol–water partition coefficient (Wildman–Crippen LogP) is 3.28. The Kier molecular flexibility index (Phi) is 4.38. The van der Waals surface area contributed by atoms with Gasteiger partial charge in [-0.1, -0.05) is 19.8 Å². The highest BCUT2D eigenvalue weighted by Crippen LogP contribution is 2.39. The van der Waals surface area contributed by atoms with E-state index < -0.39 is 0 Å². The van der Waals surface area contributed by atoms with Crippen LogP contribution in [0.1, 0.15) is 59.8 Å². The topological polar surface area (TPSA) is 15.3 Å². The molecule has 2 nitrogen and oxygen atoms in total. The van der Waals surface area contributed by atoms with Crippen molar-refractivity contribution in [2.45, 2.75) is 65.3 Å². The molecule has 1 saturated carbocycles. The Morgan fingerprint density at radius 2 is 1.89 bits per heavy atom. The maximum absolute atomic E-state index is 3.66. The summed E-state index contributed by atoms with van der Waals surface area (Å²) in [6.45, 7) is 14.5. The van der Waals surface area contributed by atoms with Crippen LogP contribution in [-0.2, 0) is 0 Å². The largest absolute Gasteiger partial charge is 0.312 e. The van der Waals surface area contributed by atoms with Crippen LogP contribution in [0.15, 0.2) is 0 Å². The lowest BCUT2D eigenvalue weighted by molar-refractivity contribution is 0.190. The summed E-state index contributed by atoms with van der Waals surface area (Å²) in [5, 5.41) is 3.66. The molecule has 2 aliphatic rings. The molecule has 1 saturated heterocycles. The third kappa shape index (κ3) is 4.24. The van der Waals surface area contributed by atoms with Gasteiger partial charge in [-0.05, 0) is 64.5 Å². The van der Waals surface area contributed by atoms with Crippen molar-refractivity contribution in [3.8, 4) is 0 Å². The van der Waals surface area contributed by atoms with Crippen molar-refractivity contribution in [2.75, 3.05) is 26.2 Å². The summed E-state index contributed by atoms with van der Waals surface area (Å²) in [7, 11) is 0. The molecule has 2 rings (SSSR count). The summed E-state index contributed by atoms with van der Waals surface area (Å²) in [6.07, 6.45) is 7.21. The smallest absolute Gasteiger partial charge is 0.00966 e. The van der Waals surface area contributed by atoms with Crippen molar-refractivity contribution < 1.29 is 0 Å². The first kappa shape index (κ1) is 14.3. The summed E-state index contributed by atoms with van der Waals surface area (Å²) in [6, 6.07) is 0. The van der Waals surface area contributed by atoms with Gasteiger partial charge in [0.1, 0.15) is 0 Å². The Hall–Kier alpha value is -0.0800. The Bertz CT molecular complexity index is 261. The normalized spacial score (nSPS) is 29.0. The van der Waals surface area contributed by atoms with Crippen molar-refractivity contribution in [3.05, 3.63) is 0 Å². The molecule has 0 aromatic rings. The average molecular weight is 252 g/mol. The van der Waals surface area contributed by atoms with Crippen LogP contribution >= 0.6 is 0 Å². The van der Waals surface area contributed by atoms with Crippen LogP contribution in [0.5, 0.6) is 0 Å².